The van der Waals surface area contributed by atoms with Gasteiger partial charge in [-0.25, -0.2) is 0 Å². The van der Waals surface area contributed by atoms with E-state index in [9.17, 15) is 0 Å². The van der Waals surface area contributed by atoms with Gasteiger partial charge in [-0.1, -0.05) is 6.92 Å². The molecule has 2 rings (SSSR count). The van der Waals surface area contributed by atoms with Gasteiger partial charge in [0.2, 0.25) is 0 Å². The van der Waals surface area contributed by atoms with Gasteiger partial charge in [0.25, 0.3) is 0 Å². The van der Waals surface area contributed by atoms with E-state index in [0.717, 1.165) is 25.1 Å². The molecule has 0 aromatic heterocycles. The Morgan fingerprint density at radius 2 is 2.00 bits per heavy atom. The van der Waals surface area contributed by atoms with Gasteiger partial charge in [-0.3, -0.25) is 4.90 Å². The molecule has 1 N–H and O–H groups in total. The van der Waals surface area contributed by atoms with Crippen molar-refractivity contribution < 1.29 is 4.74 Å². The van der Waals surface area contributed by atoms with Crippen LogP contribution in [-0.4, -0.2) is 49.8 Å². The van der Waals surface area contributed by atoms with Crippen molar-refractivity contribution in [1.82, 2.24) is 10.2 Å². The maximum Gasteiger partial charge on any atom is 0.0703 e. The van der Waals surface area contributed by atoms with Gasteiger partial charge in [0.1, 0.15) is 0 Å². The molecule has 4 unspecified atom stereocenters. The maximum atomic E-state index is 5.66. The highest BCUT2D eigenvalue weighted by atomic mass is 16.5. The summed E-state index contributed by atoms with van der Waals surface area (Å²) in [7, 11) is 2.28. The Kier molecular flexibility index (Phi) is 3.65. The summed E-state index contributed by atoms with van der Waals surface area (Å²) in [5.41, 5.74) is 0. The smallest absolute Gasteiger partial charge is 0.0703 e. The van der Waals surface area contributed by atoms with E-state index in [1.54, 1.807) is 0 Å². The van der Waals surface area contributed by atoms with E-state index in [4.69, 9.17) is 4.74 Å². The molecule has 88 valence electrons. The molecule has 2 saturated heterocycles. The molecule has 0 aromatic carbocycles. The van der Waals surface area contributed by atoms with Crippen molar-refractivity contribution in [1.29, 1.82) is 0 Å². The molecule has 0 radical (unpaired) electrons. The van der Waals surface area contributed by atoms with Crippen LogP contribution in [0.4, 0.5) is 0 Å². The summed E-state index contributed by atoms with van der Waals surface area (Å²) < 4.78 is 5.66. The average molecular weight is 212 g/mol. The lowest BCUT2D eigenvalue weighted by Crippen LogP contribution is -2.52. The Morgan fingerprint density at radius 1 is 1.20 bits per heavy atom. The number of nitrogens with one attached hydrogen (secondary N) is 1. The van der Waals surface area contributed by atoms with Crippen LogP contribution < -0.4 is 5.32 Å². The van der Waals surface area contributed by atoms with Crippen molar-refractivity contribution >= 4 is 0 Å². The number of hydrogen-bond acceptors (Lipinski definition) is 3. The molecule has 4 atom stereocenters. The Balaban J connectivity index is 1.96. The van der Waals surface area contributed by atoms with Crippen molar-refractivity contribution in [2.75, 3.05) is 26.7 Å². The van der Waals surface area contributed by atoms with Crippen LogP contribution >= 0.6 is 0 Å². The van der Waals surface area contributed by atoms with Gasteiger partial charge in [-0.2, -0.15) is 0 Å². The van der Waals surface area contributed by atoms with Gasteiger partial charge < -0.3 is 10.1 Å². The number of nitrogens with zero attached hydrogens (tertiary/aromatic N) is 1. The summed E-state index contributed by atoms with van der Waals surface area (Å²) in [4.78, 5) is 2.57. The van der Waals surface area contributed by atoms with Crippen molar-refractivity contribution in [3.05, 3.63) is 0 Å². The van der Waals surface area contributed by atoms with Crippen LogP contribution in [0.25, 0.3) is 0 Å². The molecular formula is C12H24N2O. The molecule has 0 aromatic rings. The normalized spacial score (nSPS) is 42.4. The summed E-state index contributed by atoms with van der Waals surface area (Å²) >= 11 is 0. The number of ether oxygens (including phenoxy) is 1. The lowest BCUT2D eigenvalue weighted by Gasteiger charge is -2.40. The molecule has 0 saturated carbocycles. The quantitative estimate of drug-likeness (QED) is 0.741. The fourth-order valence-corrected chi connectivity index (χ4v) is 3.11. The first-order valence-corrected chi connectivity index (χ1v) is 6.24. The molecule has 3 nitrogen and oxygen atoms in total. The third-order valence-electron chi connectivity index (χ3n) is 4.12. The molecule has 0 spiro atoms. The van der Waals surface area contributed by atoms with Crippen LogP contribution in [0.5, 0.6) is 0 Å². The van der Waals surface area contributed by atoms with E-state index >= 15 is 0 Å². The van der Waals surface area contributed by atoms with Crippen LogP contribution in [-0.2, 0) is 4.74 Å². The van der Waals surface area contributed by atoms with Gasteiger partial charge in [0.05, 0.1) is 6.10 Å². The Hall–Kier alpha value is -0.120. The average Bonchev–Trinajstić information content (AvgIpc) is 2.64. The van der Waals surface area contributed by atoms with E-state index in [-0.39, 0.29) is 0 Å². The first-order valence-electron chi connectivity index (χ1n) is 6.24. The van der Waals surface area contributed by atoms with Gasteiger partial charge in [-0.15, -0.1) is 0 Å². The second-order valence-corrected chi connectivity index (χ2v) is 5.13. The highest BCUT2D eigenvalue weighted by Gasteiger charge is 2.34. The zero-order valence-electron chi connectivity index (χ0n) is 10.2. The van der Waals surface area contributed by atoms with Gasteiger partial charge >= 0.3 is 0 Å². The second-order valence-electron chi connectivity index (χ2n) is 5.13. The van der Waals surface area contributed by atoms with Crippen LogP contribution in [0.15, 0.2) is 0 Å². The van der Waals surface area contributed by atoms with Crippen molar-refractivity contribution in [3.63, 3.8) is 0 Å². The summed E-state index contributed by atoms with van der Waals surface area (Å²) in [6.07, 6.45) is 2.90. The van der Waals surface area contributed by atoms with Crippen molar-refractivity contribution in [3.8, 4) is 0 Å². The Bertz CT molecular complexity index is 210. The molecule has 0 bridgehead atoms. The van der Waals surface area contributed by atoms with Crippen molar-refractivity contribution in [2.24, 2.45) is 5.92 Å². The van der Waals surface area contributed by atoms with E-state index in [0.29, 0.717) is 12.1 Å². The predicted molar refractivity (Wildman–Crippen MR) is 62.0 cm³/mol. The topological polar surface area (TPSA) is 24.5 Å². The Labute approximate surface area is 93.2 Å². The predicted octanol–water partition coefficient (Wildman–Crippen LogP) is 1.09. The summed E-state index contributed by atoms with van der Waals surface area (Å²) in [6.45, 7) is 7.83. The first kappa shape index (κ1) is 11.4. The van der Waals surface area contributed by atoms with Crippen LogP contribution in [0.2, 0.25) is 0 Å². The molecule has 2 aliphatic heterocycles. The number of rotatable bonds is 2. The monoisotopic (exact) mass is 212 g/mol. The lowest BCUT2D eigenvalue weighted by molar-refractivity contribution is 0.0461. The molecular weight excluding hydrogens is 188 g/mol. The number of likely N-dealkylation sites (N-methyl/N-ethyl adjacent to an activating group) is 1. The van der Waals surface area contributed by atoms with Gasteiger partial charge in [0.15, 0.2) is 0 Å². The summed E-state index contributed by atoms with van der Waals surface area (Å²) in [6, 6.07) is 1.37. The SMILES string of the molecule is CC1CNCCC1N(C)C1CCOC1C. The third kappa shape index (κ3) is 2.35. The molecule has 2 aliphatic rings. The number of piperidine rings is 1. The van der Waals surface area contributed by atoms with Crippen LogP contribution in [0.3, 0.4) is 0 Å². The summed E-state index contributed by atoms with van der Waals surface area (Å²) in [5.74, 6) is 0.761. The fourth-order valence-electron chi connectivity index (χ4n) is 3.11. The largest absolute Gasteiger partial charge is 0.377 e. The van der Waals surface area contributed by atoms with Crippen LogP contribution in [0.1, 0.15) is 26.7 Å². The fraction of sp³-hybridized carbons (Fsp3) is 1.00. The molecule has 2 heterocycles. The van der Waals surface area contributed by atoms with E-state index in [1.165, 1.54) is 19.4 Å². The Morgan fingerprint density at radius 3 is 2.60 bits per heavy atom. The van der Waals surface area contributed by atoms with Gasteiger partial charge in [0, 0.05) is 18.7 Å². The number of hydrogen-bond donors (Lipinski definition) is 1. The molecule has 0 amide bonds. The van der Waals surface area contributed by atoms with E-state index < -0.39 is 0 Å². The molecule has 15 heavy (non-hydrogen) atoms. The minimum Gasteiger partial charge on any atom is -0.377 e. The first-order chi connectivity index (χ1) is 7.20. The highest BCUT2D eigenvalue weighted by Crippen LogP contribution is 2.25. The maximum absolute atomic E-state index is 5.66. The summed E-state index contributed by atoms with van der Waals surface area (Å²) in [5, 5.41) is 3.46. The standard InChI is InChI=1S/C12H24N2O/c1-9-8-13-6-4-11(9)14(3)12-5-7-15-10(12)2/h9-13H,4-8H2,1-3H3. The zero-order valence-corrected chi connectivity index (χ0v) is 10.2. The van der Waals surface area contributed by atoms with Crippen molar-refractivity contribution in [2.45, 2.75) is 44.9 Å². The highest BCUT2D eigenvalue weighted by molar-refractivity contribution is 4.89. The zero-order chi connectivity index (χ0) is 10.8. The van der Waals surface area contributed by atoms with E-state index in [2.05, 4.69) is 31.1 Å². The van der Waals surface area contributed by atoms with Crippen LogP contribution in [0, 0.1) is 5.92 Å². The molecule has 0 aliphatic carbocycles. The minimum absolute atomic E-state index is 0.414. The van der Waals surface area contributed by atoms with E-state index in [1.807, 2.05) is 0 Å². The third-order valence-corrected chi connectivity index (χ3v) is 4.12. The molecule has 2 fully saturated rings. The lowest BCUT2D eigenvalue weighted by atomic mass is 9.92. The second kappa shape index (κ2) is 4.81. The molecule has 3 heteroatoms. The minimum atomic E-state index is 0.414. The van der Waals surface area contributed by atoms with Gasteiger partial charge in [-0.05, 0) is 45.8 Å².